The van der Waals surface area contributed by atoms with Crippen LogP contribution >= 0.6 is 0 Å². The van der Waals surface area contributed by atoms with Crippen molar-refractivity contribution in [1.82, 2.24) is 4.90 Å². The molecule has 1 heterocycles. The Hall–Kier alpha value is -1.88. The van der Waals surface area contributed by atoms with Crippen molar-refractivity contribution in [3.63, 3.8) is 0 Å². The van der Waals surface area contributed by atoms with Crippen LogP contribution in [0, 0.1) is 5.92 Å². The van der Waals surface area contributed by atoms with Gasteiger partial charge >= 0.3 is 5.97 Å². The molecule has 0 spiro atoms. The van der Waals surface area contributed by atoms with E-state index in [9.17, 15) is 14.7 Å². The minimum absolute atomic E-state index is 0.161. The molecule has 1 aliphatic heterocycles. The van der Waals surface area contributed by atoms with E-state index in [4.69, 9.17) is 5.11 Å². The van der Waals surface area contributed by atoms with Gasteiger partial charge in [-0.1, -0.05) is 30.3 Å². The molecule has 2 N–H and O–H groups in total. The van der Waals surface area contributed by atoms with Crippen molar-refractivity contribution in [2.75, 3.05) is 19.7 Å². The number of carbonyl (C=O) groups excluding carboxylic acids is 1. The van der Waals surface area contributed by atoms with Gasteiger partial charge in [0.1, 0.15) is 6.61 Å². The minimum Gasteiger partial charge on any atom is -0.481 e. The van der Waals surface area contributed by atoms with Crippen molar-refractivity contribution in [3.05, 3.63) is 35.9 Å². The quantitative estimate of drug-likeness (QED) is 0.808. The van der Waals surface area contributed by atoms with Gasteiger partial charge in [0.2, 0.25) is 5.91 Å². The summed E-state index contributed by atoms with van der Waals surface area (Å²) in [4.78, 5) is 24.1. The van der Waals surface area contributed by atoms with Crippen LogP contribution in [0.5, 0.6) is 0 Å². The molecule has 1 aliphatic rings. The largest absolute Gasteiger partial charge is 0.481 e. The number of benzene rings is 1. The number of aliphatic hydroxyl groups is 1. The van der Waals surface area contributed by atoms with Crippen LogP contribution in [-0.4, -0.2) is 46.7 Å². The van der Waals surface area contributed by atoms with Crippen molar-refractivity contribution in [2.24, 2.45) is 5.92 Å². The maximum atomic E-state index is 11.4. The summed E-state index contributed by atoms with van der Waals surface area (Å²) >= 11 is 0. The number of likely N-dealkylation sites (tertiary alicyclic amines) is 1. The lowest BCUT2D eigenvalue weighted by atomic mass is 9.89. The van der Waals surface area contributed by atoms with Crippen LogP contribution in [0.15, 0.2) is 30.3 Å². The summed E-state index contributed by atoms with van der Waals surface area (Å²) in [5.74, 6) is -2.14. The molecule has 1 amide bonds. The summed E-state index contributed by atoms with van der Waals surface area (Å²) in [5.41, 5.74) is 0.915. The molecule has 96 valence electrons. The summed E-state index contributed by atoms with van der Waals surface area (Å²) in [6, 6.07) is 9.31. The molecule has 0 saturated carbocycles. The van der Waals surface area contributed by atoms with Crippen molar-refractivity contribution < 1.29 is 19.8 Å². The lowest BCUT2D eigenvalue weighted by Gasteiger charge is -2.15. The first-order chi connectivity index (χ1) is 8.63. The van der Waals surface area contributed by atoms with Crippen LogP contribution in [0.2, 0.25) is 0 Å². The molecule has 1 aromatic carbocycles. The predicted molar refractivity (Wildman–Crippen MR) is 64.0 cm³/mol. The number of hydrogen-bond donors (Lipinski definition) is 2. The van der Waals surface area contributed by atoms with Crippen LogP contribution in [-0.2, 0) is 9.59 Å². The number of aliphatic hydroxyl groups excluding tert-OH is 1. The van der Waals surface area contributed by atoms with E-state index >= 15 is 0 Å². The topological polar surface area (TPSA) is 77.8 Å². The smallest absolute Gasteiger partial charge is 0.308 e. The third-order valence-corrected chi connectivity index (χ3v) is 3.35. The number of carboxylic acids is 1. The third kappa shape index (κ3) is 2.36. The van der Waals surface area contributed by atoms with Crippen LogP contribution in [0.25, 0.3) is 0 Å². The van der Waals surface area contributed by atoms with E-state index in [0.29, 0.717) is 6.54 Å². The highest BCUT2D eigenvalue weighted by molar-refractivity contribution is 5.80. The van der Waals surface area contributed by atoms with E-state index in [1.165, 1.54) is 4.90 Å². The molecule has 5 nitrogen and oxygen atoms in total. The number of carbonyl (C=O) groups is 2. The van der Waals surface area contributed by atoms with E-state index < -0.39 is 24.4 Å². The summed E-state index contributed by atoms with van der Waals surface area (Å²) in [6.07, 6.45) is 0. The fourth-order valence-electron chi connectivity index (χ4n) is 2.40. The van der Waals surface area contributed by atoms with E-state index in [0.717, 1.165) is 5.56 Å². The fourth-order valence-corrected chi connectivity index (χ4v) is 2.40. The molecule has 2 atom stereocenters. The average molecular weight is 249 g/mol. The number of carboxylic acid groups (broad SMARTS) is 1. The highest BCUT2D eigenvalue weighted by atomic mass is 16.4. The van der Waals surface area contributed by atoms with E-state index in [1.54, 1.807) is 0 Å². The predicted octanol–water partition coefficient (Wildman–Crippen LogP) is 0.305. The second-order valence-corrected chi connectivity index (χ2v) is 4.42. The first-order valence-corrected chi connectivity index (χ1v) is 5.80. The van der Waals surface area contributed by atoms with Gasteiger partial charge in [-0.15, -0.1) is 0 Å². The zero-order chi connectivity index (χ0) is 13.1. The summed E-state index contributed by atoms with van der Waals surface area (Å²) in [6.45, 7) is -0.0670. The number of aliphatic carboxylic acids is 1. The summed E-state index contributed by atoms with van der Waals surface area (Å²) in [7, 11) is 0. The maximum Gasteiger partial charge on any atom is 0.308 e. The highest BCUT2D eigenvalue weighted by Crippen LogP contribution is 2.32. The average Bonchev–Trinajstić information content (AvgIpc) is 2.84. The summed E-state index contributed by atoms with van der Waals surface area (Å²) in [5, 5.41) is 18.1. The van der Waals surface area contributed by atoms with Crippen molar-refractivity contribution in [3.8, 4) is 0 Å². The third-order valence-electron chi connectivity index (χ3n) is 3.35. The second kappa shape index (κ2) is 5.18. The molecular formula is C13H15NO4. The zero-order valence-corrected chi connectivity index (χ0v) is 9.82. The first kappa shape index (κ1) is 12.6. The Morgan fingerprint density at radius 2 is 1.89 bits per heavy atom. The molecule has 5 heteroatoms. The summed E-state index contributed by atoms with van der Waals surface area (Å²) < 4.78 is 0. The van der Waals surface area contributed by atoms with Crippen molar-refractivity contribution >= 4 is 11.9 Å². The highest BCUT2D eigenvalue weighted by Gasteiger charge is 2.40. The minimum atomic E-state index is -0.905. The Morgan fingerprint density at radius 3 is 2.44 bits per heavy atom. The lowest BCUT2D eigenvalue weighted by molar-refractivity contribution is -0.142. The Labute approximate surface area is 105 Å². The molecule has 2 rings (SSSR count). The standard InChI is InChI=1S/C13H15NO4/c15-8-12(16)14-6-10(11(7-14)13(17)18)9-4-2-1-3-5-9/h1-5,10-11,15H,6-8H2,(H,17,18)/t10-,11+/m1/s1. The van der Waals surface area contributed by atoms with Gasteiger partial charge in [-0.25, -0.2) is 0 Å². The van der Waals surface area contributed by atoms with Gasteiger partial charge in [0.05, 0.1) is 5.92 Å². The SMILES string of the molecule is O=C(O)[C@H]1CN(C(=O)CO)C[C@@H]1c1ccccc1. The molecule has 0 unspecified atom stereocenters. The van der Waals surface area contributed by atoms with Gasteiger partial charge in [-0.2, -0.15) is 0 Å². The van der Waals surface area contributed by atoms with Gasteiger partial charge in [0.25, 0.3) is 0 Å². The molecular weight excluding hydrogens is 234 g/mol. The zero-order valence-electron chi connectivity index (χ0n) is 9.82. The van der Waals surface area contributed by atoms with Crippen LogP contribution in [0.4, 0.5) is 0 Å². The van der Waals surface area contributed by atoms with E-state index in [1.807, 2.05) is 30.3 Å². The van der Waals surface area contributed by atoms with Crippen molar-refractivity contribution in [1.29, 1.82) is 0 Å². The Morgan fingerprint density at radius 1 is 1.22 bits per heavy atom. The van der Waals surface area contributed by atoms with Crippen molar-refractivity contribution in [2.45, 2.75) is 5.92 Å². The monoisotopic (exact) mass is 249 g/mol. The molecule has 1 fully saturated rings. The molecule has 1 aromatic rings. The van der Waals surface area contributed by atoms with Gasteiger partial charge in [-0.3, -0.25) is 9.59 Å². The van der Waals surface area contributed by atoms with E-state index in [-0.39, 0.29) is 12.5 Å². The number of hydrogen-bond acceptors (Lipinski definition) is 3. The van der Waals surface area contributed by atoms with Crippen LogP contribution in [0.1, 0.15) is 11.5 Å². The molecule has 0 radical (unpaired) electrons. The number of rotatable bonds is 3. The fraction of sp³-hybridized carbons (Fsp3) is 0.385. The molecule has 0 aliphatic carbocycles. The van der Waals surface area contributed by atoms with Gasteiger partial charge in [-0.05, 0) is 5.56 Å². The molecule has 0 aromatic heterocycles. The Kier molecular flexibility index (Phi) is 3.62. The van der Waals surface area contributed by atoms with Gasteiger partial charge < -0.3 is 15.1 Å². The number of nitrogens with zero attached hydrogens (tertiary/aromatic N) is 1. The molecule has 18 heavy (non-hydrogen) atoms. The molecule has 0 bridgehead atoms. The maximum absolute atomic E-state index is 11.4. The van der Waals surface area contributed by atoms with Crippen LogP contribution < -0.4 is 0 Å². The normalized spacial score (nSPS) is 23.1. The van der Waals surface area contributed by atoms with Gasteiger partial charge in [0, 0.05) is 19.0 Å². The number of amides is 1. The molecule has 1 saturated heterocycles. The van der Waals surface area contributed by atoms with E-state index in [2.05, 4.69) is 0 Å². The first-order valence-electron chi connectivity index (χ1n) is 5.80. The van der Waals surface area contributed by atoms with Crippen LogP contribution in [0.3, 0.4) is 0 Å². The Balaban J connectivity index is 2.23. The Bertz CT molecular complexity index is 446. The second-order valence-electron chi connectivity index (χ2n) is 4.42. The lowest BCUT2D eigenvalue weighted by Crippen LogP contribution is -2.32. The van der Waals surface area contributed by atoms with Gasteiger partial charge in [0.15, 0.2) is 0 Å².